The standard InChI is InChI=1S/C21H30N4O2S.HI/c1-15(2)13-24-28(26,27)20-10-8-17(9-11-20)14-23-21(22)25-19-7-5-6-18(12-19)16(3)4;/h5-12,15-16,24H,13-14H2,1-4H3,(H3,22,23,25);1H. The van der Waals surface area contributed by atoms with Crippen LogP contribution in [0.15, 0.2) is 58.4 Å². The van der Waals surface area contributed by atoms with Crippen LogP contribution >= 0.6 is 24.0 Å². The molecule has 8 heteroatoms. The topological polar surface area (TPSA) is 96.6 Å². The van der Waals surface area contributed by atoms with Crippen molar-refractivity contribution < 1.29 is 8.42 Å². The van der Waals surface area contributed by atoms with Gasteiger partial charge in [0.15, 0.2) is 5.96 Å². The summed E-state index contributed by atoms with van der Waals surface area (Å²) in [5.74, 6) is 1.00. The predicted octanol–water partition coefficient (Wildman–Crippen LogP) is 4.29. The molecule has 160 valence electrons. The summed E-state index contributed by atoms with van der Waals surface area (Å²) < 4.78 is 27.0. The molecule has 0 aliphatic rings. The van der Waals surface area contributed by atoms with E-state index in [0.29, 0.717) is 25.0 Å². The highest BCUT2D eigenvalue weighted by Gasteiger charge is 2.13. The molecule has 2 aromatic carbocycles. The lowest BCUT2D eigenvalue weighted by atomic mass is 10.0. The van der Waals surface area contributed by atoms with E-state index < -0.39 is 10.0 Å². The number of nitrogens with two attached hydrogens (primary N) is 1. The Labute approximate surface area is 191 Å². The number of guanidine groups is 1. The Morgan fingerprint density at radius 1 is 1.07 bits per heavy atom. The van der Waals surface area contributed by atoms with Crippen molar-refractivity contribution in [2.24, 2.45) is 16.6 Å². The van der Waals surface area contributed by atoms with Gasteiger partial charge in [-0.25, -0.2) is 18.1 Å². The third kappa shape index (κ3) is 8.31. The number of hydrogen-bond donors (Lipinski definition) is 3. The van der Waals surface area contributed by atoms with Gasteiger partial charge in [0.2, 0.25) is 10.0 Å². The maximum absolute atomic E-state index is 12.2. The number of benzene rings is 2. The van der Waals surface area contributed by atoms with E-state index in [9.17, 15) is 8.42 Å². The van der Waals surface area contributed by atoms with E-state index in [-0.39, 0.29) is 34.8 Å². The molecule has 0 aromatic heterocycles. The van der Waals surface area contributed by atoms with Gasteiger partial charge < -0.3 is 11.1 Å². The first kappa shape index (κ1) is 25.4. The summed E-state index contributed by atoms with van der Waals surface area (Å²) in [5.41, 5.74) is 8.97. The van der Waals surface area contributed by atoms with E-state index in [1.54, 1.807) is 24.3 Å². The number of sulfonamides is 1. The van der Waals surface area contributed by atoms with Gasteiger partial charge in [-0.15, -0.1) is 24.0 Å². The maximum atomic E-state index is 12.2. The average molecular weight is 530 g/mol. The van der Waals surface area contributed by atoms with E-state index in [1.165, 1.54) is 5.56 Å². The molecule has 0 aliphatic heterocycles. The number of nitrogens with one attached hydrogen (secondary N) is 2. The van der Waals surface area contributed by atoms with E-state index in [2.05, 4.69) is 41.0 Å². The largest absolute Gasteiger partial charge is 0.370 e. The van der Waals surface area contributed by atoms with Crippen molar-refractivity contribution in [3.63, 3.8) is 0 Å². The molecule has 6 nitrogen and oxygen atoms in total. The van der Waals surface area contributed by atoms with Gasteiger partial charge in [-0.2, -0.15) is 0 Å². The SMILES string of the molecule is CC(C)CNS(=O)(=O)c1ccc(CN=C(N)Nc2cccc(C(C)C)c2)cc1.I. The highest BCUT2D eigenvalue weighted by Crippen LogP contribution is 2.18. The molecule has 2 aromatic rings. The quantitative estimate of drug-likeness (QED) is 0.270. The molecule has 0 heterocycles. The van der Waals surface area contributed by atoms with Crippen LogP contribution in [0.1, 0.15) is 44.7 Å². The molecule has 0 aliphatic carbocycles. The van der Waals surface area contributed by atoms with Crippen LogP contribution < -0.4 is 15.8 Å². The molecule has 0 saturated carbocycles. The molecule has 29 heavy (non-hydrogen) atoms. The van der Waals surface area contributed by atoms with E-state index in [1.807, 2.05) is 26.0 Å². The first-order valence-corrected chi connectivity index (χ1v) is 10.9. The Hall–Kier alpha value is -1.65. The van der Waals surface area contributed by atoms with Gasteiger partial charge in [0, 0.05) is 12.2 Å². The number of anilines is 1. The van der Waals surface area contributed by atoms with Crippen LogP contribution in [0.4, 0.5) is 5.69 Å². The van der Waals surface area contributed by atoms with Crippen molar-refractivity contribution in [3.05, 3.63) is 59.7 Å². The maximum Gasteiger partial charge on any atom is 0.240 e. The van der Waals surface area contributed by atoms with Crippen molar-refractivity contribution in [1.82, 2.24) is 4.72 Å². The molecular weight excluding hydrogens is 499 g/mol. The minimum atomic E-state index is -3.48. The van der Waals surface area contributed by atoms with Crippen LogP contribution in [0, 0.1) is 5.92 Å². The Morgan fingerprint density at radius 2 is 1.72 bits per heavy atom. The fourth-order valence-corrected chi connectivity index (χ4v) is 3.69. The normalized spacial score (nSPS) is 12.1. The fraction of sp³-hybridized carbons (Fsp3) is 0.381. The molecule has 0 unspecified atom stereocenters. The Balaban J connectivity index is 0.00000420. The smallest absolute Gasteiger partial charge is 0.240 e. The molecule has 2 rings (SSSR count). The van der Waals surface area contributed by atoms with Crippen LogP contribution in [-0.2, 0) is 16.6 Å². The van der Waals surface area contributed by atoms with Crippen molar-refractivity contribution in [2.45, 2.75) is 45.1 Å². The van der Waals surface area contributed by atoms with Crippen LogP contribution in [-0.4, -0.2) is 20.9 Å². The number of aliphatic imine (C=N–C) groups is 1. The Bertz CT molecular complexity index is 911. The van der Waals surface area contributed by atoms with Crippen molar-refractivity contribution in [2.75, 3.05) is 11.9 Å². The Morgan fingerprint density at radius 3 is 2.31 bits per heavy atom. The molecule has 0 saturated heterocycles. The predicted molar refractivity (Wildman–Crippen MR) is 131 cm³/mol. The van der Waals surface area contributed by atoms with Gasteiger partial charge in [0.05, 0.1) is 11.4 Å². The zero-order valence-corrected chi connectivity index (χ0v) is 20.5. The summed E-state index contributed by atoms with van der Waals surface area (Å²) >= 11 is 0. The van der Waals surface area contributed by atoms with Gasteiger partial charge in [-0.3, -0.25) is 0 Å². The van der Waals surface area contributed by atoms with Gasteiger partial charge in [0.1, 0.15) is 0 Å². The molecule has 4 N–H and O–H groups in total. The zero-order valence-electron chi connectivity index (χ0n) is 17.3. The van der Waals surface area contributed by atoms with Crippen LogP contribution in [0.3, 0.4) is 0 Å². The van der Waals surface area contributed by atoms with Gasteiger partial charge in [-0.1, -0.05) is 52.0 Å². The third-order valence-corrected chi connectivity index (χ3v) is 5.61. The van der Waals surface area contributed by atoms with Crippen LogP contribution in [0.25, 0.3) is 0 Å². The summed E-state index contributed by atoms with van der Waals surface area (Å²) in [6.45, 7) is 8.97. The lowest BCUT2D eigenvalue weighted by molar-refractivity contribution is 0.560. The second-order valence-corrected chi connectivity index (χ2v) is 9.26. The molecule has 0 bridgehead atoms. The Kier molecular flexibility index (Phi) is 10.1. The zero-order chi connectivity index (χ0) is 20.7. The first-order valence-electron chi connectivity index (χ1n) is 9.43. The summed E-state index contributed by atoms with van der Waals surface area (Å²) in [7, 11) is -3.48. The third-order valence-electron chi connectivity index (χ3n) is 4.17. The molecule has 0 spiro atoms. The number of rotatable bonds is 8. The van der Waals surface area contributed by atoms with E-state index in [4.69, 9.17) is 5.73 Å². The van der Waals surface area contributed by atoms with Crippen molar-refractivity contribution in [3.8, 4) is 0 Å². The first-order chi connectivity index (χ1) is 13.2. The minimum Gasteiger partial charge on any atom is -0.370 e. The molecule has 0 amide bonds. The highest BCUT2D eigenvalue weighted by molar-refractivity contribution is 14.0. The second-order valence-electron chi connectivity index (χ2n) is 7.50. The summed E-state index contributed by atoms with van der Waals surface area (Å²) in [6.07, 6.45) is 0. The van der Waals surface area contributed by atoms with E-state index >= 15 is 0 Å². The number of halogens is 1. The lowest BCUT2D eigenvalue weighted by Gasteiger charge is -2.10. The average Bonchev–Trinajstić information content (AvgIpc) is 2.65. The molecule has 0 atom stereocenters. The summed E-state index contributed by atoms with van der Waals surface area (Å²) in [5, 5.41) is 3.09. The molecule has 0 fully saturated rings. The molecular formula is C21H31IN4O2S. The lowest BCUT2D eigenvalue weighted by Crippen LogP contribution is -2.27. The monoisotopic (exact) mass is 530 g/mol. The number of hydrogen-bond acceptors (Lipinski definition) is 3. The summed E-state index contributed by atoms with van der Waals surface area (Å²) in [6, 6.07) is 14.7. The van der Waals surface area contributed by atoms with E-state index in [0.717, 1.165) is 11.3 Å². The second kappa shape index (κ2) is 11.5. The number of nitrogens with zero attached hydrogens (tertiary/aromatic N) is 1. The van der Waals surface area contributed by atoms with Crippen LogP contribution in [0.5, 0.6) is 0 Å². The van der Waals surface area contributed by atoms with Gasteiger partial charge >= 0.3 is 0 Å². The van der Waals surface area contributed by atoms with Crippen molar-refractivity contribution in [1.29, 1.82) is 0 Å². The minimum absolute atomic E-state index is 0. The van der Waals surface area contributed by atoms with Gasteiger partial charge in [0.25, 0.3) is 0 Å². The van der Waals surface area contributed by atoms with Crippen LogP contribution in [0.2, 0.25) is 0 Å². The van der Waals surface area contributed by atoms with Crippen molar-refractivity contribution >= 4 is 45.6 Å². The van der Waals surface area contributed by atoms with Gasteiger partial charge in [-0.05, 0) is 47.2 Å². The fourth-order valence-electron chi connectivity index (χ4n) is 2.47. The highest BCUT2D eigenvalue weighted by atomic mass is 127. The molecule has 0 radical (unpaired) electrons. The summed E-state index contributed by atoms with van der Waals surface area (Å²) in [4.78, 5) is 4.58.